The molecule has 2 aromatic carbocycles. The smallest absolute Gasteiger partial charge is 0.315 e. The van der Waals surface area contributed by atoms with Crippen molar-refractivity contribution in [3.05, 3.63) is 64.4 Å². The van der Waals surface area contributed by atoms with Crippen LogP contribution in [0, 0.1) is 5.82 Å². The van der Waals surface area contributed by atoms with Gasteiger partial charge in [-0.15, -0.1) is 0 Å². The van der Waals surface area contributed by atoms with Crippen molar-refractivity contribution in [1.29, 1.82) is 0 Å². The number of hydrogen-bond donors (Lipinski definition) is 1. The maximum atomic E-state index is 14.5. The quantitative estimate of drug-likeness (QED) is 0.629. The molecule has 0 aliphatic rings. The van der Waals surface area contributed by atoms with Crippen LogP contribution in [0.5, 0.6) is 0 Å². The number of amides is 1. The SMILES string of the molecule is CS(=O)(=O)N(Cc1ccc(C(=O)CNC(=O)C(F)F)cc1F)c1ccc(Cl)cc1. The molecule has 156 valence electrons. The average molecular weight is 449 g/mol. The van der Waals surface area contributed by atoms with Crippen LogP contribution in [0.3, 0.4) is 0 Å². The topological polar surface area (TPSA) is 83.6 Å². The number of carbonyl (C=O) groups is 2. The lowest BCUT2D eigenvalue weighted by molar-refractivity contribution is -0.131. The number of nitrogens with one attached hydrogen (secondary N) is 1. The first-order chi connectivity index (χ1) is 13.5. The van der Waals surface area contributed by atoms with Gasteiger partial charge in [0.15, 0.2) is 5.78 Å². The summed E-state index contributed by atoms with van der Waals surface area (Å²) < 4.78 is 63.9. The van der Waals surface area contributed by atoms with Crippen LogP contribution in [-0.4, -0.2) is 39.3 Å². The lowest BCUT2D eigenvalue weighted by atomic mass is 10.1. The molecule has 29 heavy (non-hydrogen) atoms. The maximum Gasteiger partial charge on any atom is 0.315 e. The van der Waals surface area contributed by atoms with Crippen LogP contribution in [0.4, 0.5) is 18.9 Å². The van der Waals surface area contributed by atoms with Gasteiger partial charge in [0.1, 0.15) is 5.82 Å². The summed E-state index contributed by atoms with van der Waals surface area (Å²) in [6, 6.07) is 9.19. The first kappa shape index (κ1) is 22.7. The van der Waals surface area contributed by atoms with E-state index in [9.17, 15) is 31.2 Å². The van der Waals surface area contributed by atoms with Gasteiger partial charge in [-0.25, -0.2) is 12.8 Å². The van der Waals surface area contributed by atoms with Gasteiger partial charge in [0.25, 0.3) is 5.91 Å². The lowest BCUT2D eigenvalue weighted by Gasteiger charge is -2.23. The molecule has 0 atom stereocenters. The number of Topliss-reactive ketones (excluding diaryl/α,β-unsaturated/α-hetero) is 1. The average Bonchev–Trinajstić information content (AvgIpc) is 2.64. The second-order valence-electron chi connectivity index (χ2n) is 5.99. The van der Waals surface area contributed by atoms with Crippen molar-refractivity contribution in [2.24, 2.45) is 0 Å². The highest BCUT2D eigenvalue weighted by Crippen LogP contribution is 2.24. The minimum Gasteiger partial charge on any atom is -0.344 e. The zero-order chi connectivity index (χ0) is 21.8. The second kappa shape index (κ2) is 9.27. The van der Waals surface area contributed by atoms with E-state index in [-0.39, 0.29) is 23.4 Å². The fourth-order valence-electron chi connectivity index (χ4n) is 2.36. The third-order valence-electron chi connectivity index (χ3n) is 3.83. The fraction of sp³-hybridized carbons (Fsp3) is 0.222. The molecule has 0 fully saturated rings. The first-order valence-electron chi connectivity index (χ1n) is 8.10. The van der Waals surface area contributed by atoms with Crippen molar-refractivity contribution in [3.63, 3.8) is 0 Å². The molecule has 0 aliphatic carbocycles. The number of halogens is 4. The van der Waals surface area contributed by atoms with E-state index in [1.807, 2.05) is 0 Å². The number of benzene rings is 2. The molecule has 1 amide bonds. The molecular weight excluding hydrogens is 433 g/mol. The van der Waals surface area contributed by atoms with Gasteiger partial charge in [0.2, 0.25) is 10.0 Å². The summed E-state index contributed by atoms with van der Waals surface area (Å²) in [4.78, 5) is 22.7. The molecule has 2 rings (SSSR count). The van der Waals surface area contributed by atoms with E-state index in [4.69, 9.17) is 11.6 Å². The van der Waals surface area contributed by atoms with Crippen molar-refractivity contribution in [1.82, 2.24) is 5.32 Å². The number of hydrogen-bond acceptors (Lipinski definition) is 4. The summed E-state index contributed by atoms with van der Waals surface area (Å²) in [6.45, 7) is -1.06. The van der Waals surface area contributed by atoms with Crippen molar-refractivity contribution < 1.29 is 31.2 Å². The highest BCUT2D eigenvalue weighted by Gasteiger charge is 2.21. The van der Waals surface area contributed by atoms with Crippen LogP contribution in [-0.2, 0) is 21.4 Å². The van der Waals surface area contributed by atoms with Gasteiger partial charge < -0.3 is 5.32 Å². The van der Waals surface area contributed by atoms with Crippen LogP contribution in [0.15, 0.2) is 42.5 Å². The molecule has 0 spiro atoms. The van der Waals surface area contributed by atoms with Crippen LogP contribution < -0.4 is 9.62 Å². The third-order valence-corrected chi connectivity index (χ3v) is 5.22. The van der Waals surface area contributed by atoms with E-state index >= 15 is 0 Å². The molecule has 1 N–H and O–H groups in total. The zero-order valence-electron chi connectivity index (χ0n) is 15.0. The lowest BCUT2D eigenvalue weighted by Crippen LogP contribution is -2.34. The predicted molar refractivity (Wildman–Crippen MR) is 102 cm³/mol. The van der Waals surface area contributed by atoms with Gasteiger partial charge in [-0.1, -0.05) is 23.7 Å². The number of alkyl halides is 2. The second-order valence-corrected chi connectivity index (χ2v) is 8.34. The Balaban J connectivity index is 2.21. The number of nitrogens with zero attached hydrogens (tertiary/aromatic N) is 1. The van der Waals surface area contributed by atoms with Crippen LogP contribution in [0.1, 0.15) is 15.9 Å². The Labute approximate surface area is 170 Å². The Bertz CT molecular complexity index is 1010. The molecule has 0 saturated carbocycles. The summed E-state index contributed by atoms with van der Waals surface area (Å²) in [6.07, 6.45) is -2.31. The number of sulfonamides is 1. The molecule has 0 radical (unpaired) electrons. The molecule has 0 aliphatic heterocycles. The highest BCUT2D eigenvalue weighted by molar-refractivity contribution is 7.92. The molecule has 0 unspecified atom stereocenters. The van der Waals surface area contributed by atoms with E-state index < -0.39 is 40.5 Å². The van der Waals surface area contributed by atoms with E-state index in [0.717, 1.165) is 16.6 Å². The first-order valence-corrected chi connectivity index (χ1v) is 10.3. The van der Waals surface area contributed by atoms with Gasteiger partial charge in [0.05, 0.1) is 25.0 Å². The largest absolute Gasteiger partial charge is 0.344 e. The van der Waals surface area contributed by atoms with E-state index in [0.29, 0.717) is 5.02 Å². The summed E-state index contributed by atoms with van der Waals surface area (Å²) in [5.74, 6) is -3.25. The van der Waals surface area contributed by atoms with E-state index in [2.05, 4.69) is 0 Å². The molecule has 11 heteroatoms. The number of rotatable bonds is 8. The Morgan fingerprint density at radius 2 is 1.76 bits per heavy atom. The zero-order valence-corrected chi connectivity index (χ0v) is 16.6. The standard InChI is InChI=1S/C18H16ClF3N2O4S/c1-29(27,28)24(14-6-4-13(19)5-7-14)10-12-3-2-11(8-15(12)20)16(25)9-23-18(26)17(21)22/h2-8,17H,9-10H2,1H3,(H,23,26). The molecular formula is C18H16ClF3N2O4S. The summed E-state index contributed by atoms with van der Waals surface area (Å²) in [5, 5.41) is 2.13. The summed E-state index contributed by atoms with van der Waals surface area (Å²) >= 11 is 5.80. The summed E-state index contributed by atoms with van der Waals surface area (Å²) in [5.41, 5.74) is 0.0999. The highest BCUT2D eigenvalue weighted by atomic mass is 35.5. The minimum atomic E-state index is -3.76. The van der Waals surface area contributed by atoms with E-state index in [1.165, 1.54) is 36.4 Å². The van der Waals surface area contributed by atoms with Gasteiger partial charge >= 0.3 is 6.43 Å². The predicted octanol–water partition coefficient (Wildman–Crippen LogP) is 3.01. The Hall–Kier alpha value is -2.59. The Morgan fingerprint density at radius 3 is 2.28 bits per heavy atom. The molecule has 2 aromatic rings. The minimum absolute atomic E-state index is 0.0152. The van der Waals surface area contributed by atoms with Gasteiger partial charge in [0, 0.05) is 16.1 Å². The number of ketones is 1. The Morgan fingerprint density at radius 1 is 1.14 bits per heavy atom. The fourth-order valence-corrected chi connectivity index (χ4v) is 3.36. The number of anilines is 1. The molecule has 0 bridgehead atoms. The van der Waals surface area contributed by atoms with Crippen LogP contribution >= 0.6 is 11.6 Å². The molecule has 0 aromatic heterocycles. The molecule has 0 saturated heterocycles. The van der Waals surface area contributed by atoms with Gasteiger partial charge in [-0.3, -0.25) is 13.9 Å². The van der Waals surface area contributed by atoms with Crippen molar-refractivity contribution in [3.8, 4) is 0 Å². The molecule has 6 nitrogen and oxygen atoms in total. The normalized spacial score (nSPS) is 11.4. The van der Waals surface area contributed by atoms with Crippen LogP contribution in [0.2, 0.25) is 5.02 Å². The molecule has 0 heterocycles. The van der Waals surface area contributed by atoms with Crippen molar-refractivity contribution >= 4 is 39.0 Å². The van der Waals surface area contributed by atoms with E-state index in [1.54, 1.807) is 5.32 Å². The number of carbonyl (C=O) groups excluding carboxylic acids is 2. The van der Waals surface area contributed by atoms with Crippen molar-refractivity contribution in [2.45, 2.75) is 13.0 Å². The maximum absolute atomic E-state index is 14.5. The van der Waals surface area contributed by atoms with Crippen molar-refractivity contribution in [2.75, 3.05) is 17.1 Å². The van der Waals surface area contributed by atoms with Crippen LogP contribution in [0.25, 0.3) is 0 Å². The third kappa shape index (κ3) is 6.20. The Kier molecular flexibility index (Phi) is 7.26. The summed E-state index contributed by atoms with van der Waals surface area (Å²) in [7, 11) is -3.76. The van der Waals surface area contributed by atoms with Gasteiger partial charge in [-0.2, -0.15) is 8.78 Å². The van der Waals surface area contributed by atoms with Gasteiger partial charge in [-0.05, 0) is 30.3 Å². The monoisotopic (exact) mass is 448 g/mol.